The van der Waals surface area contributed by atoms with Crippen molar-refractivity contribution in [3.05, 3.63) is 22.7 Å². The number of nitrogens with one attached hydrogen (secondary N) is 1. The van der Waals surface area contributed by atoms with Crippen molar-refractivity contribution in [3.8, 4) is 5.75 Å². The van der Waals surface area contributed by atoms with E-state index >= 15 is 0 Å². The molecule has 1 aromatic rings. The van der Waals surface area contributed by atoms with E-state index < -0.39 is 17.8 Å². The zero-order valence-corrected chi connectivity index (χ0v) is 10.9. The molecule has 17 heavy (non-hydrogen) atoms. The van der Waals surface area contributed by atoms with Crippen LogP contribution in [0, 0.1) is 5.92 Å². The van der Waals surface area contributed by atoms with E-state index in [-0.39, 0.29) is 0 Å². The lowest BCUT2D eigenvalue weighted by molar-refractivity contribution is -0.144. The van der Waals surface area contributed by atoms with Crippen molar-refractivity contribution in [1.82, 2.24) is 0 Å². The van der Waals surface area contributed by atoms with E-state index in [1.165, 1.54) is 14.0 Å². The highest BCUT2D eigenvalue weighted by Gasteiger charge is 2.20. The Morgan fingerprint density at radius 1 is 1.47 bits per heavy atom. The maximum atomic E-state index is 11.5. The lowest BCUT2D eigenvalue weighted by atomic mass is 10.1. The summed E-state index contributed by atoms with van der Waals surface area (Å²) in [6.07, 6.45) is 0. The lowest BCUT2D eigenvalue weighted by Gasteiger charge is -2.10. The van der Waals surface area contributed by atoms with E-state index in [1.807, 2.05) is 0 Å². The summed E-state index contributed by atoms with van der Waals surface area (Å²) in [7, 11) is 1.51. The smallest absolute Gasteiger partial charge is 0.315 e. The third-order valence-electron chi connectivity index (χ3n) is 2.18. The number of carboxylic acids is 1. The van der Waals surface area contributed by atoms with Crippen LogP contribution in [-0.4, -0.2) is 24.1 Å². The Labute approximate surface area is 107 Å². The van der Waals surface area contributed by atoms with Crippen molar-refractivity contribution in [3.63, 3.8) is 0 Å². The standard InChI is InChI=1S/C11H12BrNO4/c1-6(11(15)16)10(14)13-7-3-4-8(12)9(5-7)17-2/h3-6H,1-2H3,(H,13,14)(H,15,16). The number of halogens is 1. The van der Waals surface area contributed by atoms with Gasteiger partial charge in [0, 0.05) is 11.8 Å². The maximum Gasteiger partial charge on any atom is 0.315 e. The fourth-order valence-electron chi connectivity index (χ4n) is 1.10. The first-order chi connectivity index (χ1) is 7.95. The van der Waals surface area contributed by atoms with E-state index in [9.17, 15) is 9.59 Å². The number of carbonyl (C=O) groups is 2. The minimum atomic E-state index is -1.16. The van der Waals surface area contributed by atoms with Crippen molar-refractivity contribution in [1.29, 1.82) is 0 Å². The highest BCUT2D eigenvalue weighted by molar-refractivity contribution is 9.10. The van der Waals surface area contributed by atoms with Gasteiger partial charge < -0.3 is 15.2 Å². The second-order valence-electron chi connectivity index (χ2n) is 3.40. The Hall–Kier alpha value is -1.56. The van der Waals surface area contributed by atoms with Crippen LogP contribution < -0.4 is 10.1 Å². The summed E-state index contributed by atoms with van der Waals surface area (Å²) in [6.45, 7) is 1.33. The second-order valence-corrected chi connectivity index (χ2v) is 4.25. The Balaban J connectivity index is 2.82. The molecule has 0 spiro atoms. The highest BCUT2D eigenvalue weighted by Crippen LogP contribution is 2.27. The highest BCUT2D eigenvalue weighted by atomic mass is 79.9. The molecule has 0 radical (unpaired) electrons. The van der Waals surface area contributed by atoms with Crippen LogP contribution >= 0.6 is 15.9 Å². The van der Waals surface area contributed by atoms with Crippen LogP contribution in [0.5, 0.6) is 5.75 Å². The first-order valence-electron chi connectivity index (χ1n) is 4.83. The molecule has 1 aromatic carbocycles. The van der Waals surface area contributed by atoms with E-state index in [1.54, 1.807) is 18.2 Å². The fraction of sp³-hybridized carbons (Fsp3) is 0.273. The van der Waals surface area contributed by atoms with Gasteiger partial charge in [0.2, 0.25) is 5.91 Å². The van der Waals surface area contributed by atoms with Crippen LogP contribution in [0.15, 0.2) is 22.7 Å². The van der Waals surface area contributed by atoms with Gasteiger partial charge in [-0.3, -0.25) is 9.59 Å². The normalized spacial score (nSPS) is 11.7. The molecule has 0 fully saturated rings. The molecule has 0 aliphatic carbocycles. The van der Waals surface area contributed by atoms with Crippen LogP contribution in [0.4, 0.5) is 5.69 Å². The largest absolute Gasteiger partial charge is 0.495 e. The van der Waals surface area contributed by atoms with Crippen molar-refractivity contribution >= 4 is 33.5 Å². The molecule has 0 aromatic heterocycles. The Morgan fingerprint density at radius 3 is 2.65 bits per heavy atom. The summed E-state index contributed by atoms with van der Waals surface area (Å²) in [5.41, 5.74) is 0.489. The van der Waals surface area contributed by atoms with Crippen molar-refractivity contribution in [2.45, 2.75) is 6.92 Å². The van der Waals surface area contributed by atoms with Crippen molar-refractivity contribution in [2.24, 2.45) is 5.92 Å². The molecule has 0 heterocycles. The summed E-state index contributed by atoms with van der Waals surface area (Å²) in [5, 5.41) is 11.2. The van der Waals surface area contributed by atoms with Crippen LogP contribution in [0.2, 0.25) is 0 Å². The molecule has 1 atom stereocenters. The van der Waals surface area contributed by atoms with Crippen LogP contribution in [0.25, 0.3) is 0 Å². The quantitative estimate of drug-likeness (QED) is 0.835. The Morgan fingerprint density at radius 2 is 2.12 bits per heavy atom. The number of hydrogen-bond donors (Lipinski definition) is 2. The predicted octanol–water partition coefficient (Wildman–Crippen LogP) is 2.12. The van der Waals surface area contributed by atoms with Gasteiger partial charge in [-0.05, 0) is 35.0 Å². The number of benzene rings is 1. The van der Waals surface area contributed by atoms with Gasteiger partial charge in [-0.15, -0.1) is 0 Å². The van der Waals surface area contributed by atoms with Gasteiger partial charge in [0.15, 0.2) is 0 Å². The fourth-order valence-corrected chi connectivity index (χ4v) is 1.51. The average Bonchev–Trinajstić information content (AvgIpc) is 2.30. The molecule has 92 valence electrons. The third kappa shape index (κ3) is 3.45. The van der Waals surface area contributed by atoms with Gasteiger partial charge >= 0.3 is 5.97 Å². The van der Waals surface area contributed by atoms with Gasteiger partial charge in [-0.2, -0.15) is 0 Å². The van der Waals surface area contributed by atoms with E-state index in [0.717, 1.165) is 4.47 Å². The molecule has 0 aliphatic heterocycles. The van der Waals surface area contributed by atoms with Gasteiger partial charge in [0.1, 0.15) is 11.7 Å². The summed E-state index contributed by atoms with van der Waals surface area (Å²) < 4.78 is 5.81. The summed E-state index contributed by atoms with van der Waals surface area (Å²) in [4.78, 5) is 22.1. The molecule has 2 N–H and O–H groups in total. The number of carboxylic acid groups (broad SMARTS) is 1. The molecule has 1 rings (SSSR count). The third-order valence-corrected chi connectivity index (χ3v) is 2.84. The number of anilines is 1. The predicted molar refractivity (Wildman–Crippen MR) is 66.1 cm³/mol. The Kier molecular flexibility index (Phi) is 4.51. The maximum absolute atomic E-state index is 11.5. The second kappa shape index (κ2) is 5.67. The molecule has 0 saturated carbocycles. The summed E-state index contributed by atoms with van der Waals surface area (Å²) in [6, 6.07) is 4.97. The molecule has 0 saturated heterocycles. The summed E-state index contributed by atoms with van der Waals surface area (Å²) >= 11 is 3.28. The van der Waals surface area contributed by atoms with Gasteiger partial charge in [0.25, 0.3) is 0 Å². The van der Waals surface area contributed by atoms with Crippen LogP contribution in [-0.2, 0) is 9.59 Å². The van der Waals surface area contributed by atoms with E-state index in [0.29, 0.717) is 11.4 Å². The molecular formula is C11H12BrNO4. The number of ether oxygens (including phenoxy) is 1. The average molecular weight is 302 g/mol. The number of hydrogen-bond acceptors (Lipinski definition) is 3. The summed E-state index contributed by atoms with van der Waals surface area (Å²) in [5.74, 6) is -2.26. The van der Waals surface area contributed by atoms with E-state index in [2.05, 4.69) is 21.2 Å². The number of carbonyl (C=O) groups excluding carboxylic acids is 1. The first-order valence-corrected chi connectivity index (χ1v) is 5.62. The van der Waals surface area contributed by atoms with Gasteiger partial charge in [0.05, 0.1) is 11.6 Å². The lowest BCUT2D eigenvalue weighted by Crippen LogP contribution is -2.26. The molecule has 0 bridgehead atoms. The minimum absolute atomic E-state index is 0.489. The Bertz CT molecular complexity index is 447. The topological polar surface area (TPSA) is 75.6 Å². The van der Waals surface area contributed by atoms with Crippen molar-refractivity contribution < 1.29 is 19.4 Å². The van der Waals surface area contributed by atoms with Crippen molar-refractivity contribution in [2.75, 3.05) is 12.4 Å². The van der Waals surface area contributed by atoms with Gasteiger partial charge in [-0.1, -0.05) is 0 Å². The zero-order valence-electron chi connectivity index (χ0n) is 9.36. The minimum Gasteiger partial charge on any atom is -0.495 e. The molecular weight excluding hydrogens is 290 g/mol. The molecule has 1 unspecified atom stereocenters. The number of rotatable bonds is 4. The number of aliphatic carboxylic acids is 1. The monoisotopic (exact) mass is 301 g/mol. The number of methoxy groups -OCH3 is 1. The molecule has 5 nitrogen and oxygen atoms in total. The molecule has 6 heteroatoms. The van der Waals surface area contributed by atoms with Crippen LogP contribution in [0.3, 0.4) is 0 Å². The molecule has 0 aliphatic rings. The van der Waals surface area contributed by atoms with Gasteiger partial charge in [-0.25, -0.2) is 0 Å². The first kappa shape index (κ1) is 13.5. The number of amides is 1. The SMILES string of the molecule is COc1cc(NC(=O)C(C)C(=O)O)ccc1Br. The van der Waals surface area contributed by atoms with Crippen LogP contribution in [0.1, 0.15) is 6.92 Å². The zero-order chi connectivity index (χ0) is 13.0. The van der Waals surface area contributed by atoms with E-state index in [4.69, 9.17) is 9.84 Å². The molecule has 1 amide bonds.